The molecule has 2 aliphatic heterocycles. The molecule has 0 saturated carbocycles. The van der Waals surface area contributed by atoms with Crippen molar-refractivity contribution in [2.45, 2.75) is 18.8 Å². The lowest BCUT2D eigenvalue weighted by molar-refractivity contribution is -0.114. The van der Waals surface area contributed by atoms with E-state index in [0.29, 0.717) is 54.0 Å². The predicted molar refractivity (Wildman–Crippen MR) is 220 cm³/mol. The summed E-state index contributed by atoms with van der Waals surface area (Å²) in [5.74, 6) is -0.287. The van der Waals surface area contributed by atoms with E-state index >= 15 is 0 Å². The number of aliphatic imine (C=N–C) groups is 4. The molecule has 0 spiro atoms. The van der Waals surface area contributed by atoms with E-state index in [1.165, 1.54) is 0 Å². The molecule has 2 atom stereocenters. The fourth-order valence-electron chi connectivity index (χ4n) is 5.36. The van der Waals surface area contributed by atoms with Crippen LogP contribution in [0.15, 0.2) is 105 Å². The Labute approximate surface area is 334 Å². The first kappa shape index (κ1) is 38.7. The predicted octanol–water partition coefficient (Wildman–Crippen LogP) is 5.62. The van der Waals surface area contributed by atoms with Crippen LogP contribution in [0.2, 0.25) is 10.0 Å². The average molecular weight is 810 g/mol. The highest BCUT2D eigenvalue weighted by atomic mass is 35.5. The number of nitrogens with one attached hydrogen (secondary N) is 4. The number of guanidine groups is 2. The van der Waals surface area contributed by atoms with E-state index in [1.807, 2.05) is 12.1 Å². The molecule has 0 radical (unpaired) electrons. The van der Waals surface area contributed by atoms with Gasteiger partial charge in [0.25, 0.3) is 0 Å². The van der Waals surface area contributed by atoms with Gasteiger partial charge in [-0.25, -0.2) is 20.0 Å². The Hall–Kier alpha value is -6.04. The van der Waals surface area contributed by atoms with Gasteiger partial charge >= 0.3 is 0 Å². The Morgan fingerprint density at radius 3 is 1.51 bits per heavy atom. The number of amides is 2. The molecule has 2 heterocycles. The Morgan fingerprint density at radius 1 is 0.673 bits per heavy atom. The number of carbonyl (C=O) groups is 2. The molecule has 276 valence electrons. The van der Waals surface area contributed by atoms with Crippen molar-refractivity contribution in [2.75, 3.05) is 22.1 Å². The molecule has 18 heteroatoms. The van der Waals surface area contributed by atoms with Gasteiger partial charge < -0.3 is 32.7 Å². The summed E-state index contributed by atoms with van der Waals surface area (Å²) in [7, 11) is 0. The van der Waals surface area contributed by atoms with Gasteiger partial charge in [0, 0.05) is 27.8 Å². The second-order valence-corrected chi connectivity index (χ2v) is 14.6. The first-order valence-corrected chi connectivity index (χ1v) is 19.1. The lowest BCUT2D eigenvalue weighted by atomic mass is 9.96. The van der Waals surface area contributed by atoms with Gasteiger partial charge in [0.1, 0.15) is 0 Å². The smallest absolute Gasteiger partial charge is 0.234 e. The summed E-state index contributed by atoms with van der Waals surface area (Å²) in [4.78, 5) is 43.4. The highest BCUT2D eigenvalue weighted by Crippen LogP contribution is 2.28. The number of hydrogen-bond acceptors (Lipinski definition) is 14. The number of rotatable bonds is 10. The number of thioether (sulfide) groups is 2. The average Bonchev–Trinajstić information content (AvgIpc) is 3.17. The summed E-state index contributed by atoms with van der Waals surface area (Å²) in [6.45, 7) is 0. The third-order valence-corrected chi connectivity index (χ3v) is 10.1. The zero-order valence-corrected chi connectivity index (χ0v) is 31.7. The van der Waals surface area contributed by atoms with Gasteiger partial charge in [-0.15, -0.1) is 0 Å². The van der Waals surface area contributed by atoms with E-state index in [2.05, 4.69) is 53.4 Å². The standard InChI is InChI=1S/C37H30Cl2N12O2S2/c38-26-5-1-3-22(12-26)32-46-34(42)50-36(48-32)54-18-30(52)44-28-9-7-20(24(14-28)16-40)11-21-8-10-29(15-25(21)17-41)45-31(53)19-55-37-49-33(47-35(43)51-37)23-4-2-6-27(39)13-23/h1-10,12-15,32-33H,11,18-19H2,(H,44,52)(H,45,53)(H3,42,46,48,50)(H3,43,47,49,51)/t32-,33+. The Balaban J connectivity index is 1.03. The number of nitrogens with two attached hydrogens (primary N) is 2. The van der Waals surface area contributed by atoms with Crippen LogP contribution in [0.25, 0.3) is 0 Å². The summed E-state index contributed by atoms with van der Waals surface area (Å²) in [6, 6.07) is 28.6. The summed E-state index contributed by atoms with van der Waals surface area (Å²) >= 11 is 14.5. The van der Waals surface area contributed by atoms with Crippen LogP contribution in [-0.2, 0) is 16.0 Å². The molecule has 6 rings (SSSR count). The molecule has 2 amide bonds. The van der Waals surface area contributed by atoms with Crippen molar-refractivity contribution >= 4 is 92.2 Å². The van der Waals surface area contributed by atoms with Crippen molar-refractivity contribution in [3.63, 3.8) is 0 Å². The van der Waals surface area contributed by atoms with Gasteiger partial charge in [-0.05, 0) is 70.8 Å². The highest BCUT2D eigenvalue weighted by molar-refractivity contribution is 8.14. The Kier molecular flexibility index (Phi) is 12.6. The molecule has 0 aliphatic carbocycles. The monoisotopic (exact) mass is 808 g/mol. The van der Waals surface area contributed by atoms with Crippen LogP contribution in [0.4, 0.5) is 11.4 Å². The molecular weight excluding hydrogens is 780 g/mol. The van der Waals surface area contributed by atoms with Crippen molar-refractivity contribution in [3.8, 4) is 12.1 Å². The number of amidine groups is 2. The number of carbonyl (C=O) groups excluding carboxylic acids is 2. The Bertz CT molecular complexity index is 2210. The fourth-order valence-corrected chi connectivity index (χ4v) is 7.14. The number of benzene rings is 4. The first-order valence-electron chi connectivity index (χ1n) is 16.3. The molecule has 0 aromatic heterocycles. The quantitative estimate of drug-likeness (QED) is 0.116. The maximum atomic E-state index is 12.8. The van der Waals surface area contributed by atoms with Crippen molar-refractivity contribution in [1.29, 1.82) is 10.5 Å². The van der Waals surface area contributed by atoms with Crippen LogP contribution in [0.5, 0.6) is 0 Å². The molecule has 0 unspecified atom stereocenters. The van der Waals surface area contributed by atoms with Crippen LogP contribution in [0.3, 0.4) is 0 Å². The zero-order chi connectivity index (χ0) is 38.9. The van der Waals surface area contributed by atoms with Gasteiger partial charge in [0.2, 0.25) is 11.8 Å². The minimum atomic E-state index is -0.594. The molecule has 8 N–H and O–H groups in total. The largest absolute Gasteiger partial charge is 0.370 e. The van der Waals surface area contributed by atoms with Crippen molar-refractivity contribution < 1.29 is 9.59 Å². The van der Waals surface area contributed by atoms with Crippen molar-refractivity contribution in [3.05, 3.63) is 128 Å². The van der Waals surface area contributed by atoms with Crippen LogP contribution < -0.4 is 32.7 Å². The van der Waals surface area contributed by atoms with Crippen LogP contribution >= 0.6 is 46.7 Å². The third-order valence-electron chi connectivity index (χ3n) is 7.85. The second-order valence-electron chi connectivity index (χ2n) is 11.8. The molecule has 4 aromatic rings. The van der Waals surface area contributed by atoms with E-state index in [9.17, 15) is 20.1 Å². The minimum absolute atomic E-state index is 0.0116. The molecule has 0 fully saturated rings. The van der Waals surface area contributed by atoms with Crippen LogP contribution in [0, 0.1) is 22.7 Å². The highest BCUT2D eigenvalue weighted by Gasteiger charge is 2.20. The van der Waals surface area contributed by atoms with E-state index < -0.39 is 12.3 Å². The maximum Gasteiger partial charge on any atom is 0.234 e. The van der Waals surface area contributed by atoms with Gasteiger partial charge in [-0.3, -0.25) is 9.59 Å². The van der Waals surface area contributed by atoms with Crippen molar-refractivity contribution in [1.82, 2.24) is 10.6 Å². The van der Waals surface area contributed by atoms with E-state index in [-0.39, 0.29) is 41.7 Å². The van der Waals surface area contributed by atoms with Gasteiger partial charge in [-0.2, -0.15) is 10.5 Å². The summed E-state index contributed by atoms with van der Waals surface area (Å²) in [5.41, 5.74) is 16.3. The SMILES string of the molecule is N#Cc1cc(NC(=O)CSC2=N[C@H](c3cccc(Cl)c3)N=C(N)N2)ccc1Cc1ccc(NC(=O)CSC2=N[C@@H](c3cccc(Cl)c3)N=C(N)N2)cc1C#N. The van der Waals surface area contributed by atoms with E-state index in [1.54, 1.807) is 72.8 Å². The normalized spacial score (nSPS) is 16.1. The molecule has 55 heavy (non-hydrogen) atoms. The van der Waals surface area contributed by atoms with Gasteiger partial charge in [0.15, 0.2) is 34.6 Å². The topological polar surface area (TPSA) is 231 Å². The molecule has 0 saturated heterocycles. The number of halogens is 2. The molecule has 4 aromatic carbocycles. The third kappa shape index (κ3) is 10.6. The van der Waals surface area contributed by atoms with Crippen LogP contribution in [-0.4, -0.2) is 45.6 Å². The van der Waals surface area contributed by atoms with Gasteiger partial charge in [0.05, 0.1) is 34.8 Å². The summed E-state index contributed by atoms with van der Waals surface area (Å²) in [5, 5.41) is 33.2. The summed E-state index contributed by atoms with van der Waals surface area (Å²) < 4.78 is 0. The van der Waals surface area contributed by atoms with Crippen molar-refractivity contribution in [2.24, 2.45) is 31.4 Å². The minimum Gasteiger partial charge on any atom is -0.370 e. The van der Waals surface area contributed by atoms with Gasteiger partial charge in [-0.1, -0.05) is 83.1 Å². The van der Waals surface area contributed by atoms with E-state index in [4.69, 9.17) is 34.7 Å². The van der Waals surface area contributed by atoms with Crippen LogP contribution in [0.1, 0.15) is 45.7 Å². The fraction of sp³-hybridized carbons (Fsp3) is 0.135. The molecular formula is C37H30Cl2N12O2S2. The number of nitrogens with zero attached hydrogens (tertiary/aromatic N) is 6. The maximum absolute atomic E-state index is 12.8. The zero-order valence-electron chi connectivity index (χ0n) is 28.6. The number of anilines is 2. The lowest BCUT2D eigenvalue weighted by Gasteiger charge is -2.19. The molecule has 14 nitrogen and oxygen atoms in total. The molecule has 0 bridgehead atoms. The second kappa shape index (κ2) is 17.9. The Morgan fingerprint density at radius 2 is 1.11 bits per heavy atom. The first-order chi connectivity index (χ1) is 26.5. The number of nitriles is 2. The lowest BCUT2D eigenvalue weighted by Crippen LogP contribution is -2.39. The molecule has 2 aliphatic rings. The van der Waals surface area contributed by atoms with E-state index in [0.717, 1.165) is 34.7 Å². The number of hydrogen-bond donors (Lipinski definition) is 6. The summed E-state index contributed by atoms with van der Waals surface area (Å²) in [6.07, 6.45) is -0.919.